The number of aromatic nitrogens is 2. The molecule has 0 atom stereocenters. The average Bonchev–Trinajstić information content (AvgIpc) is 2.46. The van der Waals surface area contributed by atoms with E-state index < -0.39 is 0 Å². The fourth-order valence-corrected chi connectivity index (χ4v) is 2.32. The van der Waals surface area contributed by atoms with Crippen LogP contribution in [0.1, 0.15) is 17.0 Å². The van der Waals surface area contributed by atoms with E-state index in [0.29, 0.717) is 12.2 Å². The minimum absolute atomic E-state index is 0.0428. The number of nitrogens with one attached hydrogen (secondary N) is 1. The van der Waals surface area contributed by atoms with Crippen LogP contribution in [0.15, 0.2) is 53.3 Å². The van der Waals surface area contributed by atoms with Crippen molar-refractivity contribution >= 4 is 11.3 Å². The van der Waals surface area contributed by atoms with Crippen LogP contribution in [0, 0.1) is 13.8 Å². The minimum atomic E-state index is -0.0428. The first-order valence-electron chi connectivity index (χ1n) is 6.92. The fraction of sp³-hybridized carbons (Fsp3) is 0.176. The maximum Gasteiger partial charge on any atom is 0.258 e. The van der Waals surface area contributed by atoms with Crippen LogP contribution in [0.3, 0.4) is 0 Å². The highest BCUT2D eigenvalue weighted by Crippen LogP contribution is 2.10. The molecule has 0 spiro atoms. The Balaban J connectivity index is 1.88. The van der Waals surface area contributed by atoms with Gasteiger partial charge in [-0.1, -0.05) is 23.8 Å². The number of benzene rings is 1. The maximum atomic E-state index is 12.2. The molecule has 0 saturated heterocycles. The summed E-state index contributed by atoms with van der Waals surface area (Å²) >= 11 is 0. The summed E-state index contributed by atoms with van der Waals surface area (Å²) < 4.78 is 1.62. The zero-order chi connectivity index (χ0) is 14.8. The molecule has 0 radical (unpaired) electrons. The van der Waals surface area contributed by atoms with Crippen molar-refractivity contribution in [1.29, 1.82) is 0 Å². The maximum absolute atomic E-state index is 12.2. The number of aryl methyl sites for hydroxylation is 2. The van der Waals surface area contributed by atoms with Gasteiger partial charge < -0.3 is 5.32 Å². The van der Waals surface area contributed by atoms with Gasteiger partial charge in [0.1, 0.15) is 5.65 Å². The van der Waals surface area contributed by atoms with Crippen molar-refractivity contribution in [3.63, 3.8) is 0 Å². The van der Waals surface area contributed by atoms with Gasteiger partial charge in [0.2, 0.25) is 0 Å². The van der Waals surface area contributed by atoms with E-state index in [0.717, 1.165) is 17.1 Å². The lowest BCUT2D eigenvalue weighted by Crippen LogP contribution is -2.18. The van der Waals surface area contributed by atoms with Crippen LogP contribution in [0.2, 0.25) is 0 Å². The van der Waals surface area contributed by atoms with E-state index in [2.05, 4.69) is 17.2 Å². The molecule has 1 aromatic carbocycles. The number of hydrogen-bond acceptors (Lipinski definition) is 3. The Hall–Kier alpha value is -2.62. The lowest BCUT2D eigenvalue weighted by molar-refractivity contribution is 0.943. The average molecular weight is 279 g/mol. The van der Waals surface area contributed by atoms with Gasteiger partial charge in [0, 0.05) is 17.4 Å². The molecule has 0 bridgehead atoms. The third kappa shape index (κ3) is 2.79. The second-order valence-corrected chi connectivity index (χ2v) is 5.17. The first kappa shape index (κ1) is 13.4. The molecule has 0 saturated carbocycles. The second-order valence-electron chi connectivity index (χ2n) is 5.17. The lowest BCUT2D eigenvalue weighted by atomic mass is 10.2. The van der Waals surface area contributed by atoms with Crippen molar-refractivity contribution in [3.05, 3.63) is 75.8 Å². The monoisotopic (exact) mass is 279 g/mol. The van der Waals surface area contributed by atoms with Gasteiger partial charge in [-0.25, -0.2) is 4.98 Å². The molecule has 0 aliphatic rings. The second kappa shape index (κ2) is 5.40. The van der Waals surface area contributed by atoms with E-state index in [1.807, 2.05) is 49.4 Å². The molecular formula is C17H17N3O. The number of rotatable bonds is 3. The van der Waals surface area contributed by atoms with E-state index in [4.69, 9.17) is 0 Å². The Labute approximate surface area is 123 Å². The predicted octanol–water partition coefficient (Wildman–Crippen LogP) is 2.92. The van der Waals surface area contributed by atoms with E-state index in [1.165, 1.54) is 5.56 Å². The molecule has 3 aromatic rings. The van der Waals surface area contributed by atoms with Crippen LogP contribution in [-0.2, 0) is 6.54 Å². The summed E-state index contributed by atoms with van der Waals surface area (Å²) in [6.07, 6.45) is 0. The SMILES string of the molecule is Cc1ccc(NCc2cc(=O)n3c(C)cccc3n2)cc1. The van der Waals surface area contributed by atoms with E-state index in [9.17, 15) is 4.79 Å². The standard InChI is InChI=1S/C17H17N3O/c1-12-6-8-14(9-7-12)18-11-15-10-17(21)20-13(2)4-3-5-16(20)19-15/h3-10,18H,11H2,1-2H3. The van der Waals surface area contributed by atoms with Crippen molar-refractivity contribution in [2.75, 3.05) is 5.32 Å². The van der Waals surface area contributed by atoms with Crippen LogP contribution in [-0.4, -0.2) is 9.38 Å². The van der Waals surface area contributed by atoms with Crippen molar-refractivity contribution in [1.82, 2.24) is 9.38 Å². The number of hydrogen-bond donors (Lipinski definition) is 1. The Morgan fingerprint density at radius 1 is 1.10 bits per heavy atom. The van der Waals surface area contributed by atoms with Gasteiger partial charge in [-0.3, -0.25) is 9.20 Å². The Morgan fingerprint density at radius 2 is 1.86 bits per heavy atom. The van der Waals surface area contributed by atoms with Crippen molar-refractivity contribution in [2.45, 2.75) is 20.4 Å². The summed E-state index contributed by atoms with van der Waals surface area (Å²) in [6.45, 7) is 4.49. The molecule has 0 fully saturated rings. The normalized spacial score (nSPS) is 10.8. The summed E-state index contributed by atoms with van der Waals surface area (Å²) in [4.78, 5) is 16.7. The summed E-state index contributed by atoms with van der Waals surface area (Å²) in [6, 6.07) is 15.4. The Morgan fingerprint density at radius 3 is 2.62 bits per heavy atom. The summed E-state index contributed by atoms with van der Waals surface area (Å²) in [5.74, 6) is 0. The zero-order valence-corrected chi connectivity index (χ0v) is 12.1. The van der Waals surface area contributed by atoms with Gasteiger partial charge in [-0.05, 0) is 38.1 Å². The molecule has 0 aliphatic carbocycles. The van der Waals surface area contributed by atoms with E-state index >= 15 is 0 Å². The highest BCUT2D eigenvalue weighted by atomic mass is 16.1. The molecule has 0 aliphatic heterocycles. The summed E-state index contributed by atoms with van der Waals surface area (Å²) in [5, 5.41) is 3.28. The highest BCUT2D eigenvalue weighted by molar-refractivity contribution is 5.45. The van der Waals surface area contributed by atoms with Gasteiger partial charge in [0.15, 0.2) is 0 Å². The van der Waals surface area contributed by atoms with Gasteiger partial charge >= 0.3 is 0 Å². The van der Waals surface area contributed by atoms with Crippen molar-refractivity contribution < 1.29 is 0 Å². The lowest BCUT2D eigenvalue weighted by Gasteiger charge is -2.08. The topological polar surface area (TPSA) is 46.4 Å². The van der Waals surface area contributed by atoms with Crippen molar-refractivity contribution in [3.8, 4) is 0 Å². The van der Waals surface area contributed by atoms with Crippen molar-refractivity contribution in [2.24, 2.45) is 0 Å². The van der Waals surface area contributed by atoms with Gasteiger partial charge in [-0.15, -0.1) is 0 Å². The van der Waals surface area contributed by atoms with Gasteiger partial charge in [0.25, 0.3) is 5.56 Å². The van der Waals surface area contributed by atoms with E-state index in [-0.39, 0.29) is 5.56 Å². The van der Waals surface area contributed by atoms with Crippen LogP contribution < -0.4 is 10.9 Å². The van der Waals surface area contributed by atoms with Crippen LogP contribution in [0.25, 0.3) is 5.65 Å². The number of anilines is 1. The molecule has 2 aromatic heterocycles. The number of nitrogens with zero attached hydrogens (tertiary/aromatic N) is 2. The number of pyridine rings is 1. The molecule has 3 rings (SSSR count). The number of fused-ring (bicyclic) bond motifs is 1. The molecule has 21 heavy (non-hydrogen) atoms. The van der Waals surface area contributed by atoms with E-state index in [1.54, 1.807) is 10.5 Å². The summed E-state index contributed by atoms with van der Waals surface area (Å²) in [5.41, 5.74) is 4.51. The quantitative estimate of drug-likeness (QED) is 0.802. The molecule has 0 unspecified atom stereocenters. The third-order valence-corrected chi connectivity index (χ3v) is 3.46. The van der Waals surface area contributed by atoms with Crippen LogP contribution >= 0.6 is 0 Å². The minimum Gasteiger partial charge on any atom is -0.379 e. The predicted molar refractivity (Wildman–Crippen MR) is 84.7 cm³/mol. The first-order chi connectivity index (χ1) is 10.1. The smallest absolute Gasteiger partial charge is 0.258 e. The molecule has 4 nitrogen and oxygen atoms in total. The zero-order valence-electron chi connectivity index (χ0n) is 12.1. The fourth-order valence-electron chi connectivity index (χ4n) is 2.32. The third-order valence-electron chi connectivity index (χ3n) is 3.46. The van der Waals surface area contributed by atoms with Crippen LogP contribution in [0.4, 0.5) is 5.69 Å². The summed E-state index contributed by atoms with van der Waals surface area (Å²) in [7, 11) is 0. The highest BCUT2D eigenvalue weighted by Gasteiger charge is 2.04. The Kier molecular flexibility index (Phi) is 3.44. The first-order valence-corrected chi connectivity index (χ1v) is 6.92. The molecule has 0 amide bonds. The molecule has 1 N–H and O–H groups in total. The largest absolute Gasteiger partial charge is 0.379 e. The molecule has 2 heterocycles. The Bertz CT molecular complexity index is 835. The molecule has 106 valence electrons. The van der Waals surface area contributed by atoms with Gasteiger partial charge in [0.05, 0.1) is 12.2 Å². The molecular weight excluding hydrogens is 262 g/mol. The molecule has 4 heteroatoms. The van der Waals surface area contributed by atoms with Crippen LogP contribution in [0.5, 0.6) is 0 Å². The van der Waals surface area contributed by atoms with Gasteiger partial charge in [-0.2, -0.15) is 0 Å².